The molecule has 0 radical (unpaired) electrons. The van der Waals surface area contributed by atoms with Crippen molar-refractivity contribution in [3.63, 3.8) is 0 Å². The molecular weight excluding hydrogens is 330 g/mol. The molecule has 11 heteroatoms. The lowest BCUT2D eigenvalue weighted by atomic mass is 10.1. The van der Waals surface area contributed by atoms with Crippen LogP contribution in [0.4, 0.5) is 11.4 Å². The van der Waals surface area contributed by atoms with Gasteiger partial charge in [-0.05, 0) is 20.0 Å². The molecule has 23 heavy (non-hydrogen) atoms. The van der Waals surface area contributed by atoms with Gasteiger partial charge in [0.05, 0.1) is 28.8 Å². The van der Waals surface area contributed by atoms with Gasteiger partial charge in [-0.25, -0.2) is 17.9 Å². The molecule has 10 nitrogen and oxygen atoms in total. The van der Waals surface area contributed by atoms with Gasteiger partial charge in [0.15, 0.2) is 0 Å². The number of nitro benzene ring substituents is 1. The van der Waals surface area contributed by atoms with Crippen LogP contribution >= 0.6 is 0 Å². The molecule has 0 fully saturated rings. The second kappa shape index (κ2) is 7.15. The first-order chi connectivity index (χ1) is 10.6. The van der Waals surface area contributed by atoms with Crippen molar-refractivity contribution in [2.24, 2.45) is 0 Å². The molecule has 0 heterocycles. The minimum Gasteiger partial charge on any atom is -0.465 e. The summed E-state index contributed by atoms with van der Waals surface area (Å²) in [6.07, 6.45) is 0. The van der Waals surface area contributed by atoms with Crippen molar-refractivity contribution >= 4 is 33.3 Å². The van der Waals surface area contributed by atoms with E-state index in [0.29, 0.717) is 0 Å². The predicted molar refractivity (Wildman–Crippen MR) is 80.6 cm³/mol. The van der Waals surface area contributed by atoms with Crippen molar-refractivity contribution < 1.29 is 27.7 Å². The zero-order valence-electron chi connectivity index (χ0n) is 12.6. The van der Waals surface area contributed by atoms with E-state index in [1.807, 2.05) is 4.72 Å². The van der Waals surface area contributed by atoms with E-state index >= 15 is 0 Å². The SMILES string of the molecule is CNS(=O)(=O)CC(=O)Nc1cc(C(=O)OC)cc([N+](=O)[O-])c1C. The number of esters is 1. The first kappa shape index (κ1) is 18.5. The Balaban J connectivity index is 3.24. The van der Waals surface area contributed by atoms with E-state index in [-0.39, 0.29) is 16.8 Å². The summed E-state index contributed by atoms with van der Waals surface area (Å²) in [5, 5.41) is 13.3. The fourth-order valence-corrected chi connectivity index (χ4v) is 2.25. The van der Waals surface area contributed by atoms with E-state index in [1.54, 1.807) is 0 Å². The quantitative estimate of drug-likeness (QED) is 0.425. The molecule has 0 bridgehead atoms. The maximum atomic E-state index is 11.8. The average Bonchev–Trinajstić information content (AvgIpc) is 2.47. The van der Waals surface area contributed by atoms with Gasteiger partial charge < -0.3 is 10.1 Å². The number of rotatable bonds is 6. The summed E-state index contributed by atoms with van der Waals surface area (Å²) in [6, 6.07) is 2.19. The van der Waals surface area contributed by atoms with Gasteiger partial charge in [-0.1, -0.05) is 0 Å². The summed E-state index contributed by atoms with van der Waals surface area (Å²) in [5.74, 6) is -2.59. The smallest absolute Gasteiger partial charge is 0.338 e. The number of benzene rings is 1. The Morgan fingerprint density at radius 1 is 1.35 bits per heavy atom. The standard InChI is InChI=1S/C12H15N3O7S/c1-7-9(14-11(16)6-23(20,21)13-2)4-8(12(17)22-3)5-10(7)15(18)19/h4-5,13H,6H2,1-3H3,(H,14,16). The molecule has 0 aliphatic carbocycles. The van der Waals surface area contributed by atoms with Crippen LogP contribution in [0.25, 0.3) is 0 Å². The number of carbonyl (C=O) groups is 2. The molecule has 2 N–H and O–H groups in total. The van der Waals surface area contributed by atoms with Gasteiger partial charge in [-0.3, -0.25) is 14.9 Å². The van der Waals surface area contributed by atoms with Crippen molar-refractivity contribution in [3.8, 4) is 0 Å². The third-order valence-electron chi connectivity index (χ3n) is 2.90. The van der Waals surface area contributed by atoms with Crippen molar-refractivity contribution in [3.05, 3.63) is 33.4 Å². The van der Waals surface area contributed by atoms with Crippen molar-refractivity contribution in [2.45, 2.75) is 6.92 Å². The van der Waals surface area contributed by atoms with Crippen molar-refractivity contribution in [1.82, 2.24) is 4.72 Å². The lowest BCUT2D eigenvalue weighted by Gasteiger charge is -2.11. The molecule has 0 spiro atoms. The third-order valence-corrected chi connectivity index (χ3v) is 4.17. The molecular formula is C12H15N3O7S. The Kier molecular flexibility index (Phi) is 5.76. The van der Waals surface area contributed by atoms with Gasteiger partial charge in [0.2, 0.25) is 15.9 Å². The number of carbonyl (C=O) groups excluding carboxylic acids is 2. The molecule has 0 aromatic heterocycles. The van der Waals surface area contributed by atoms with Gasteiger partial charge in [0.1, 0.15) is 5.75 Å². The number of amides is 1. The molecule has 0 saturated carbocycles. The molecule has 1 amide bonds. The van der Waals surface area contributed by atoms with Crippen LogP contribution in [0.2, 0.25) is 0 Å². The maximum Gasteiger partial charge on any atom is 0.338 e. The Morgan fingerprint density at radius 2 is 1.96 bits per heavy atom. The van der Waals surface area contributed by atoms with Crippen LogP contribution in [0.15, 0.2) is 12.1 Å². The molecule has 126 valence electrons. The topological polar surface area (TPSA) is 145 Å². The number of methoxy groups -OCH3 is 1. The number of nitrogens with zero attached hydrogens (tertiary/aromatic N) is 1. The number of nitro groups is 1. The highest BCUT2D eigenvalue weighted by molar-refractivity contribution is 7.90. The number of hydrogen-bond acceptors (Lipinski definition) is 7. The van der Waals surface area contributed by atoms with Crippen LogP contribution in [0.5, 0.6) is 0 Å². The number of hydrogen-bond donors (Lipinski definition) is 2. The number of sulfonamides is 1. The highest BCUT2D eigenvalue weighted by atomic mass is 32.2. The molecule has 0 saturated heterocycles. The summed E-state index contributed by atoms with van der Waals surface area (Å²) in [7, 11) is -1.54. The fraction of sp³-hybridized carbons (Fsp3) is 0.333. The third kappa shape index (κ3) is 4.72. The van der Waals surface area contributed by atoms with Crippen LogP contribution in [0, 0.1) is 17.0 Å². The Labute approximate surface area is 132 Å². The van der Waals surface area contributed by atoms with E-state index in [4.69, 9.17) is 0 Å². The molecule has 0 unspecified atom stereocenters. The van der Waals surface area contributed by atoms with Gasteiger partial charge >= 0.3 is 5.97 Å². The first-order valence-electron chi connectivity index (χ1n) is 6.19. The Bertz CT molecular complexity index is 758. The van der Waals surface area contributed by atoms with E-state index in [2.05, 4.69) is 10.1 Å². The van der Waals surface area contributed by atoms with Crippen molar-refractivity contribution in [2.75, 3.05) is 25.2 Å². The zero-order valence-corrected chi connectivity index (χ0v) is 13.4. The van der Waals surface area contributed by atoms with Gasteiger partial charge in [-0.15, -0.1) is 0 Å². The van der Waals surface area contributed by atoms with Crippen LogP contribution in [-0.4, -0.2) is 45.1 Å². The van der Waals surface area contributed by atoms with E-state index in [1.165, 1.54) is 13.0 Å². The van der Waals surface area contributed by atoms with Gasteiger partial charge in [0.25, 0.3) is 5.69 Å². The summed E-state index contributed by atoms with van der Waals surface area (Å²) in [4.78, 5) is 33.6. The predicted octanol–water partition coefficient (Wildman–Crippen LogP) is 0.178. The molecule has 0 atom stereocenters. The molecule has 1 aromatic rings. The lowest BCUT2D eigenvalue weighted by Crippen LogP contribution is -2.30. The van der Waals surface area contributed by atoms with E-state index in [0.717, 1.165) is 20.2 Å². The fourth-order valence-electron chi connectivity index (χ4n) is 1.69. The first-order valence-corrected chi connectivity index (χ1v) is 7.85. The minimum atomic E-state index is -3.80. The normalized spacial score (nSPS) is 10.9. The summed E-state index contributed by atoms with van der Waals surface area (Å²) < 4.78 is 29.1. The van der Waals surface area contributed by atoms with Crippen LogP contribution < -0.4 is 10.0 Å². The van der Waals surface area contributed by atoms with E-state index in [9.17, 15) is 28.1 Å². The largest absolute Gasteiger partial charge is 0.465 e. The summed E-state index contributed by atoms with van der Waals surface area (Å²) in [6.45, 7) is 1.36. The number of nitrogens with one attached hydrogen (secondary N) is 2. The monoisotopic (exact) mass is 345 g/mol. The van der Waals surface area contributed by atoms with Crippen LogP contribution in [-0.2, 0) is 19.6 Å². The summed E-state index contributed by atoms with van der Waals surface area (Å²) in [5.41, 5.74) is -0.509. The van der Waals surface area contributed by atoms with Crippen molar-refractivity contribution in [1.29, 1.82) is 0 Å². The van der Waals surface area contributed by atoms with Crippen LogP contribution in [0.1, 0.15) is 15.9 Å². The highest BCUT2D eigenvalue weighted by Crippen LogP contribution is 2.28. The Hall–Kier alpha value is -2.53. The van der Waals surface area contributed by atoms with E-state index < -0.39 is 38.3 Å². The van der Waals surface area contributed by atoms with Crippen LogP contribution in [0.3, 0.4) is 0 Å². The maximum absolute atomic E-state index is 11.8. The lowest BCUT2D eigenvalue weighted by molar-refractivity contribution is -0.385. The van der Waals surface area contributed by atoms with Gasteiger partial charge in [-0.2, -0.15) is 0 Å². The van der Waals surface area contributed by atoms with Gasteiger partial charge in [0, 0.05) is 6.07 Å². The highest BCUT2D eigenvalue weighted by Gasteiger charge is 2.22. The number of anilines is 1. The molecule has 1 rings (SSSR count). The zero-order chi connectivity index (χ0) is 17.8. The average molecular weight is 345 g/mol. The number of ether oxygens (including phenoxy) is 1. The second-order valence-electron chi connectivity index (χ2n) is 4.43. The molecule has 1 aromatic carbocycles. The second-order valence-corrected chi connectivity index (χ2v) is 6.35. The molecule has 0 aliphatic rings. The Morgan fingerprint density at radius 3 is 2.43 bits per heavy atom. The minimum absolute atomic E-state index is 0.0455. The summed E-state index contributed by atoms with van der Waals surface area (Å²) >= 11 is 0. The molecule has 0 aliphatic heterocycles.